The summed E-state index contributed by atoms with van der Waals surface area (Å²) in [5.41, 5.74) is -1.65. The van der Waals surface area contributed by atoms with E-state index in [2.05, 4.69) is 0 Å². The van der Waals surface area contributed by atoms with Crippen LogP contribution >= 0.6 is 0 Å². The number of β-amino-alcohol motifs (C(OH)–C–C–N with tert-alkyl or cyclic N) is 1. The van der Waals surface area contributed by atoms with Crippen molar-refractivity contribution >= 4 is 5.97 Å². The zero-order chi connectivity index (χ0) is 11.5. The predicted octanol–water partition coefficient (Wildman–Crippen LogP) is -0.210. The van der Waals surface area contributed by atoms with Crippen LogP contribution in [0, 0.1) is 5.92 Å². The third-order valence-corrected chi connectivity index (χ3v) is 2.76. The molecule has 0 spiro atoms. The molecule has 1 heterocycles. The molecule has 1 aliphatic heterocycles. The summed E-state index contributed by atoms with van der Waals surface area (Å²) < 4.78 is 5.05. The fourth-order valence-corrected chi connectivity index (χ4v) is 1.93. The van der Waals surface area contributed by atoms with E-state index < -0.39 is 11.6 Å². The molecule has 0 aromatic carbocycles. The van der Waals surface area contributed by atoms with Crippen molar-refractivity contribution in [1.29, 1.82) is 0 Å². The summed E-state index contributed by atoms with van der Waals surface area (Å²) in [4.78, 5) is 12.7. The number of rotatable bonds is 5. The lowest BCUT2D eigenvalue weighted by atomic mass is 10.1. The number of carboxylic acids is 1. The Balaban J connectivity index is 2.38. The van der Waals surface area contributed by atoms with Crippen molar-refractivity contribution in [3.8, 4) is 0 Å². The molecule has 0 bridgehead atoms. The van der Waals surface area contributed by atoms with E-state index in [-0.39, 0.29) is 6.54 Å². The predicted molar refractivity (Wildman–Crippen MR) is 54.7 cm³/mol. The first-order valence-corrected chi connectivity index (χ1v) is 5.13. The second-order valence-electron chi connectivity index (χ2n) is 4.42. The van der Waals surface area contributed by atoms with E-state index in [1.54, 1.807) is 7.11 Å². The number of ether oxygens (including phenoxy) is 1. The van der Waals surface area contributed by atoms with Crippen molar-refractivity contribution in [3.63, 3.8) is 0 Å². The maximum absolute atomic E-state index is 10.7. The van der Waals surface area contributed by atoms with Gasteiger partial charge in [0.15, 0.2) is 5.60 Å². The Kier molecular flexibility index (Phi) is 4.07. The maximum atomic E-state index is 10.7. The maximum Gasteiger partial charge on any atom is 0.336 e. The Hall–Kier alpha value is -0.650. The molecule has 0 aromatic heterocycles. The second kappa shape index (κ2) is 4.92. The number of hydrogen-bond acceptors (Lipinski definition) is 4. The minimum absolute atomic E-state index is 0.183. The molecule has 0 aliphatic carbocycles. The van der Waals surface area contributed by atoms with Crippen molar-refractivity contribution in [2.75, 3.05) is 33.4 Å². The average Bonchev–Trinajstić information content (AvgIpc) is 2.52. The van der Waals surface area contributed by atoms with Gasteiger partial charge in [0.05, 0.1) is 6.61 Å². The van der Waals surface area contributed by atoms with Crippen LogP contribution in [0.15, 0.2) is 0 Å². The topological polar surface area (TPSA) is 70.0 Å². The van der Waals surface area contributed by atoms with Gasteiger partial charge in [0.25, 0.3) is 0 Å². The van der Waals surface area contributed by atoms with E-state index in [0.717, 1.165) is 19.5 Å². The molecule has 0 radical (unpaired) electrons. The molecule has 2 N–H and O–H groups in total. The highest BCUT2D eigenvalue weighted by Gasteiger charge is 2.34. The second-order valence-corrected chi connectivity index (χ2v) is 4.42. The first-order chi connectivity index (χ1) is 6.95. The van der Waals surface area contributed by atoms with Gasteiger partial charge in [-0.2, -0.15) is 0 Å². The largest absolute Gasteiger partial charge is 0.479 e. The highest BCUT2D eigenvalue weighted by molar-refractivity contribution is 5.76. The van der Waals surface area contributed by atoms with Crippen molar-refractivity contribution in [1.82, 2.24) is 4.90 Å². The number of hydrogen-bond donors (Lipinski definition) is 2. The van der Waals surface area contributed by atoms with Gasteiger partial charge in [-0.15, -0.1) is 0 Å². The summed E-state index contributed by atoms with van der Waals surface area (Å²) in [6, 6.07) is 0. The molecule has 0 saturated carbocycles. The molecule has 15 heavy (non-hydrogen) atoms. The number of aliphatic hydroxyl groups is 1. The molecular formula is C10H19NO4. The average molecular weight is 217 g/mol. The summed E-state index contributed by atoms with van der Waals surface area (Å²) in [7, 11) is 1.66. The third kappa shape index (κ3) is 3.44. The van der Waals surface area contributed by atoms with Gasteiger partial charge >= 0.3 is 5.97 Å². The van der Waals surface area contributed by atoms with Gasteiger partial charge in [0.2, 0.25) is 0 Å². The quantitative estimate of drug-likeness (QED) is 0.667. The first kappa shape index (κ1) is 12.4. The van der Waals surface area contributed by atoms with Crippen molar-refractivity contribution in [3.05, 3.63) is 0 Å². The number of carboxylic acid groups (broad SMARTS) is 1. The van der Waals surface area contributed by atoms with E-state index in [1.807, 2.05) is 4.90 Å². The van der Waals surface area contributed by atoms with E-state index in [4.69, 9.17) is 9.84 Å². The molecule has 2 unspecified atom stereocenters. The van der Waals surface area contributed by atoms with Crippen molar-refractivity contribution < 1.29 is 19.7 Å². The number of carbonyl (C=O) groups is 1. The Labute approximate surface area is 89.6 Å². The summed E-state index contributed by atoms with van der Waals surface area (Å²) in [5.74, 6) is -0.711. The lowest BCUT2D eigenvalue weighted by Crippen LogP contribution is -2.46. The Morgan fingerprint density at radius 2 is 2.33 bits per heavy atom. The molecule has 5 heteroatoms. The highest BCUT2D eigenvalue weighted by atomic mass is 16.5. The lowest BCUT2D eigenvalue weighted by Gasteiger charge is -2.25. The molecule has 88 valence electrons. The van der Waals surface area contributed by atoms with Crippen LogP contribution in [0.25, 0.3) is 0 Å². The Bertz CT molecular complexity index is 229. The Morgan fingerprint density at radius 1 is 1.67 bits per heavy atom. The van der Waals surface area contributed by atoms with Gasteiger partial charge in [0.1, 0.15) is 0 Å². The smallest absolute Gasteiger partial charge is 0.336 e. The van der Waals surface area contributed by atoms with Crippen LogP contribution in [-0.4, -0.2) is 60.0 Å². The van der Waals surface area contributed by atoms with Crippen LogP contribution in [0.1, 0.15) is 13.3 Å². The SMILES string of the molecule is COCC1CCN(CC(C)(O)C(=O)O)C1. The zero-order valence-electron chi connectivity index (χ0n) is 9.27. The normalized spacial score (nSPS) is 26.5. The van der Waals surface area contributed by atoms with E-state index in [9.17, 15) is 9.90 Å². The van der Waals surface area contributed by atoms with Crippen LogP contribution in [0.2, 0.25) is 0 Å². The van der Waals surface area contributed by atoms with Gasteiger partial charge in [-0.1, -0.05) is 0 Å². The number of likely N-dealkylation sites (tertiary alicyclic amines) is 1. The van der Waals surface area contributed by atoms with E-state index >= 15 is 0 Å². The minimum Gasteiger partial charge on any atom is -0.479 e. The van der Waals surface area contributed by atoms with Crippen LogP contribution in [0.4, 0.5) is 0 Å². The van der Waals surface area contributed by atoms with E-state index in [0.29, 0.717) is 12.5 Å². The molecule has 0 aromatic rings. The van der Waals surface area contributed by atoms with Gasteiger partial charge in [-0.3, -0.25) is 4.90 Å². The zero-order valence-corrected chi connectivity index (χ0v) is 9.27. The molecule has 0 amide bonds. The summed E-state index contributed by atoms with van der Waals surface area (Å²) in [5, 5.41) is 18.4. The van der Waals surface area contributed by atoms with Gasteiger partial charge in [0, 0.05) is 20.2 Å². The van der Waals surface area contributed by atoms with Gasteiger partial charge < -0.3 is 14.9 Å². The monoisotopic (exact) mass is 217 g/mol. The van der Waals surface area contributed by atoms with Crippen LogP contribution in [0.5, 0.6) is 0 Å². The fourth-order valence-electron chi connectivity index (χ4n) is 1.93. The van der Waals surface area contributed by atoms with Crippen LogP contribution in [0.3, 0.4) is 0 Å². The molecule has 1 saturated heterocycles. The number of methoxy groups -OCH3 is 1. The summed E-state index contributed by atoms with van der Waals surface area (Å²) in [6.07, 6.45) is 1.00. The fraction of sp³-hybridized carbons (Fsp3) is 0.900. The molecule has 1 rings (SSSR count). The van der Waals surface area contributed by atoms with Crippen LogP contribution in [-0.2, 0) is 9.53 Å². The highest BCUT2D eigenvalue weighted by Crippen LogP contribution is 2.18. The molecule has 2 atom stereocenters. The van der Waals surface area contributed by atoms with Crippen LogP contribution < -0.4 is 0 Å². The minimum atomic E-state index is -1.65. The van der Waals surface area contributed by atoms with E-state index in [1.165, 1.54) is 6.92 Å². The molecular weight excluding hydrogens is 198 g/mol. The van der Waals surface area contributed by atoms with Crippen molar-refractivity contribution in [2.45, 2.75) is 18.9 Å². The number of aliphatic carboxylic acids is 1. The Morgan fingerprint density at radius 3 is 2.87 bits per heavy atom. The first-order valence-electron chi connectivity index (χ1n) is 5.13. The summed E-state index contributed by atoms with van der Waals surface area (Å²) >= 11 is 0. The van der Waals surface area contributed by atoms with Crippen molar-refractivity contribution in [2.24, 2.45) is 5.92 Å². The van der Waals surface area contributed by atoms with Gasteiger partial charge in [-0.05, 0) is 25.8 Å². The summed E-state index contributed by atoms with van der Waals surface area (Å²) in [6.45, 7) is 3.85. The third-order valence-electron chi connectivity index (χ3n) is 2.76. The lowest BCUT2D eigenvalue weighted by molar-refractivity contribution is -0.158. The van der Waals surface area contributed by atoms with Gasteiger partial charge in [-0.25, -0.2) is 4.79 Å². The molecule has 5 nitrogen and oxygen atoms in total. The molecule has 1 aliphatic rings. The molecule has 1 fully saturated rings. The standard InChI is InChI=1S/C10H19NO4/c1-10(14,9(12)13)7-11-4-3-8(5-11)6-15-2/h8,14H,3-7H2,1-2H3,(H,12,13). The number of nitrogens with zero attached hydrogens (tertiary/aromatic N) is 1.